The Labute approximate surface area is 267 Å². The van der Waals surface area contributed by atoms with Crippen LogP contribution in [0.5, 0.6) is 0 Å². The van der Waals surface area contributed by atoms with Crippen LogP contribution in [-0.2, 0) is 5.41 Å². The van der Waals surface area contributed by atoms with Crippen molar-refractivity contribution in [2.45, 2.75) is 19.3 Å². The monoisotopic (exact) mass is 593 g/mol. The van der Waals surface area contributed by atoms with Gasteiger partial charge in [0, 0.05) is 32.3 Å². The first-order valence-electron chi connectivity index (χ1n) is 15.6. The summed E-state index contributed by atoms with van der Waals surface area (Å²) in [5.74, 6) is 0. The van der Waals surface area contributed by atoms with Crippen molar-refractivity contribution in [3.05, 3.63) is 163 Å². The fourth-order valence-corrected chi connectivity index (χ4v) is 8.65. The number of nitrogens with zero attached hydrogens (tertiary/aromatic N) is 1. The van der Waals surface area contributed by atoms with Crippen molar-refractivity contribution >= 4 is 59.3 Å². The predicted molar refractivity (Wildman–Crippen MR) is 195 cm³/mol. The third-order valence-electron chi connectivity index (χ3n) is 9.65. The highest BCUT2D eigenvalue weighted by molar-refractivity contribution is 7.26. The highest BCUT2D eigenvalue weighted by Gasteiger charge is 2.35. The first-order valence-corrected chi connectivity index (χ1v) is 16.4. The van der Waals surface area contributed by atoms with Crippen LogP contribution in [0.2, 0.25) is 0 Å². The minimum atomic E-state index is -0.0334. The van der Waals surface area contributed by atoms with Gasteiger partial charge in [-0.25, -0.2) is 0 Å². The van der Waals surface area contributed by atoms with Gasteiger partial charge in [-0.1, -0.05) is 129 Å². The Morgan fingerprint density at radius 2 is 1.16 bits per heavy atom. The number of hydrogen-bond donors (Lipinski definition) is 0. The molecule has 1 aliphatic carbocycles. The van der Waals surface area contributed by atoms with Crippen molar-refractivity contribution in [1.29, 1.82) is 0 Å². The molecule has 7 aromatic carbocycles. The third-order valence-corrected chi connectivity index (χ3v) is 10.8. The quantitative estimate of drug-likeness (QED) is 0.196. The molecule has 0 saturated carbocycles. The zero-order valence-corrected chi connectivity index (χ0v) is 26.1. The molecule has 9 rings (SSSR count). The first-order chi connectivity index (χ1) is 22.1. The number of rotatable bonds is 4. The van der Waals surface area contributed by atoms with E-state index in [1.54, 1.807) is 0 Å². The van der Waals surface area contributed by atoms with Crippen LogP contribution in [0.15, 0.2) is 152 Å². The molecule has 1 nitrogen and oxygen atoms in total. The van der Waals surface area contributed by atoms with Gasteiger partial charge < -0.3 is 4.90 Å². The molecule has 214 valence electrons. The van der Waals surface area contributed by atoms with Gasteiger partial charge in [-0.05, 0) is 80.6 Å². The summed E-state index contributed by atoms with van der Waals surface area (Å²) in [4.78, 5) is 2.48. The highest BCUT2D eigenvalue weighted by atomic mass is 32.1. The molecular weight excluding hydrogens is 563 g/mol. The lowest BCUT2D eigenvalue weighted by atomic mass is 9.82. The van der Waals surface area contributed by atoms with Gasteiger partial charge in [0.05, 0.1) is 10.4 Å². The van der Waals surface area contributed by atoms with Gasteiger partial charge in [0.2, 0.25) is 0 Å². The molecule has 1 aliphatic rings. The summed E-state index contributed by atoms with van der Waals surface area (Å²) in [6.45, 7) is 4.70. The molecule has 0 unspecified atom stereocenters. The van der Waals surface area contributed by atoms with Crippen LogP contribution in [0, 0.1) is 0 Å². The molecule has 0 N–H and O–H groups in total. The molecule has 1 aromatic heterocycles. The molecule has 8 aromatic rings. The maximum Gasteiger partial charge on any atom is 0.0646 e. The number of fused-ring (bicyclic) bond motifs is 8. The Morgan fingerprint density at radius 1 is 0.511 bits per heavy atom. The Bertz CT molecular complexity index is 2400. The van der Waals surface area contributed by atoms with Gasteiger partial charge in [-0.15, -0.1) is 11.3 Å². The van der Waals surface area contributed by atoms with Gasteiger partial charge >= 0.3 is 0 Å². The van der Waals surface area contributed by atoms with Crippen molar-refractivity contribution in [1.82, 2.24) is 0 Å². The Hall–Kier alpha value is -5.18. The van der Waals surface area contributed by atoms with Gasteiger partial charge in [0.25, 0.3) is 0 Å². The minimum absolute atomic E-state index is 0.0334. The second kappa shape index (κ2) is 9.92. The minimum Gasteiger partial charge on any atom is -0.309 e. The largest absolute Gasteiger partial charge is 0.309 e. The molecule has 1 heterocycles. The van der Waals surface area contributed by atoms with E-state index in [4.69, 9.17) is 0 Å². The molecular formula is C43H31NS. The maximum absolute atomic E-state index is 2.48. The Morgan fingerprint density at radius 3 is 2.00 bits per heavy atom. The van der Waals surface area contributed by atoms with E-state index in [-0.39, 0.29) is 5.41 Å². The van der Waals surface area contributed by atoms with Crippen LogP contribution in [0.3, 0.4) is 0 Å². The molecule has 2 heteroatoms. The predicted octanol–water partition coefficient (Wildman–Crippen LogP) is 12.7. The summed E-state index contributed by atoms with van der Waals surface area (Å²) in [6.07, 6.45) is 0. The van der Waals surface area contributed by atoms with Crippen LogP contribution >= 0.6 is 11.3 Å². The summed E-state index contributed by atoms with van der Waals surface area (Å²) in [7, 11) is 0. The van der Waals surface area contributed by atoms with Gasteiger partial charge in [-0.2, -0.15) is 0 Å². The maximum atomic E-state index is 2.48. The van der Waals surface area contributed by atoms with Crippen molar-refractivity contribution < 1.29 is 0 Å². The average molecular weight is 594 g/mol. The van der Waals surface area contributed by atoms with Gasteiger partial charge in [-0.3, -0.25) is 0 Å². The summed E-state index contributed by atoms with van der Waals surface area (Å²) >= 11 is 1.89. The molecule has 0 bridgehead atoms. The van der Waals surface area contributed by atoms with E-state index in [2.05, 4.69) is 170 Å². The van der Waals surface area contributed by atoms with Crippen molar-refractivity contribution in [2.24, 2.45) is 0 Å². The third kappa shape index (κ3) is 3.99. The normalized spacial score (nSPS) is 13.3. The summed E-state index contributed by atoms with van der Waals surface area (Å²) in [5.41, 5.74) is 11.4. The van der Waals surface area contributed by atoms with Crippen LogP contribution in [0.1, 0.15) is 25.0 Å². The van der Waals surface area contributed by atoms with E-state index in [9.17, 15) is 0 Å². The molecule has 0 radical (unpaired) electrons. The summed E-state index contributed by atoms with van der Waals surface area (Å²) in [5, 5.41) is 5.21. The average Bonchev–Trinajstić information content (AvgIpc) is 3.59. The van der Waals surface area contributed by atoms with Crippen molar-refractivity contribution in [3.63, 3.8) is 0 Å². The SMILES string of the molecule is CC1(C)c2ccccc2-c2cc(N(c3ccc(-c4ccccc4)cc3)c3cc4ccccc4c4c3sc3ccccc34)ccc21. The summed E-state index contributed by atoms with van der Waals surface area (Å²) < 4.78 is 2.62. The number of hydrogen-bond acceptors (Lipinski definition) is 2. The van der Waals surface area contributed by atoms with E-state index in [1.807, 2.05) is 11.3 Å². The smallest absolute Gasteiger partial charge is 0.0646 e. The van der Waals surface area contributed by atoms with E-state index < -0.39 is 0 Å². The first kappa shape index (κ1) is 26.2. The molecule has 0 aliphatic heterocycles. The Kier molecular flexibility index (Phi) is 5.78. The molecule has 0 spiro atoms. The van der Waals surface area contributed by atoms with E-state index in [0.29, 0.717) is 0 Å². The van der Waals surface area contributed by atoms with E-state index in [1.165, 1.54) is 75.7 Å². The van der Waals surface area contributed by atoms with Gasteiger partial charge in [0.1, 0.15) is 0 Å². The number of anilines is 3. The van der Waals surface area contributed by atoms with Crippen LogP contribution in [-0.4, -0.2) is 0 Å². The topological polar surface area (TPSA) is 3.24 Å². The fraction of sp³-hybridized carbons (Fsp3) is 0.0698. The second-order valence-electron chi connectivity index (χ2n) is 12.6. The van der Waals surface area contributed by atoms with E-state index >= 15 is 0 Å². The van der Waals surface area contributed by atoms with E-state index in [0.717, 1.165) is 5.69 Å². The Balaban J connectivity index is 1.33. The second-order valence-corrected chi connectivity index (χ2v) is 13.6. The number of thiophene rings is 1. The van der Waals surface area contributed by atoms with Crippen LogP contribution < -0.4 is 4.90 Å². The van der Waals surface area contributed by atoms with Crippen molar-refractivity contribution in [3.8, 4) is 22.3 Å². The molecule has 0 atom stereocenters. The zero-order chi connectivity index (χ0) is 30.1. The standard InChI is InChI=1S/C43H31NS/c1-43(2)37-18-10-8-16-34(37)36-27-32(24-25-38(36)43)44(31-22-20-29(21-23-31)28-12-4-3-5-13-28)39-26-30-14-6-7-15-33(30)41-35-17-9-11-19-40(35)45-42(39)41/h3-27H,1-2H3. The van der Waals surface area contributed by atoms with Gasteiger partial charge in [0.15, 0.2) is 0 Å². The fourth-order valence-electron chi connectivity index (χ4n) is 7.43. The zero-order valence-electron chi connectivity index (χ0n) is 25.3. The van der Waals surface area contributed by atoms with Crippen molar-refractivity contribution in [2.75, 3.05) is 4.90 Å². The lowest BCUT2D eigenvalue weighted by Crippen LogP contribution is -2.15. The lowest BCUT2D eigenvalue weighted by molar-refractivity contribution is 0.660. The lowest BCUT2D eigenvalue weighted by Gasteiger charge is -2.28. The highest BCUT2D eigenvalue weighted by Crippen LogP contribution is 2.52. The molecule has 0 amide bonds. The van der Waals surface area contributed by atoms with Crippen LogP contribution in [0.25, 0.3) is 53.2 Å². The molecule has 45 heavy (non-hydrogen) atoms. The summed E-state index contributed by atoms with van der Waals surface area (Å²) in [6, 6.07) is 55.8. The number of benzene rings is 7. The molecule has 0 fully saturated rings. The molecule has 0 saturated heterocycles. The van der Waals surface area contributed by atoms with Crippen LogP contribution in [0.4, 0.5) is 17.1 Å².